The van der Waals surface area contributed by atoms with Crippen LogP contribution < -0.4 is 0 Å². The molecule has 8 aromatic rings. The SMILES string of the molecule is Cc1coc2c(C3CC(c4ccccn4)=Nc4ccccc4S3)cc(Cc3cc(C4CC(c5ccccn5)=Nc5ccccc5S4)c4occ(C)c4c3)cc12. The fraction of sp³-hybridized carbons (Fsp3) is 0.149. The smallest absolute Gasteiger partial charge is 0.138 e. The molecule has 4 aromatic carbocycles. The molecule has 0 fully saturated rings. The first-order valence-corrected chi connectivity index (χ1v) is 20.3. The summed E-state index contributed by atoms with van der Waals surface area (Å²) in [6.07, 6.45) is 9.67. The molecule has 0 amide bonds. The van der Waals surface area contributed by atoms with Crippen molar-refractivity contribution in [2.24, 2.45) is 9.98 Å². The Hall–Kier alpha value is -5.70. The van der Waals surface area contributed by atoms with Crippen LogP contribution in [0.2, 0.25) is 0 Å². The van der Waals surface area contributed by atoms with E-state index in [1.54, 1.807) is 0 Å². The van der Waals surface area contributed by atoms with Crippen LogP contribution in [0.25, 0.3) is 21.9 Å². The predicted octanol–water partition coefficient (Wildman–Crippen LogP) is 12.9. The zero-order valence-corrected chi connectivity index (χ0v) is 32.0. The van der Waals surface area contributed by atoms with E-state index in [1.165, 1.54) is 22.3 Å². The standard InChI is InChI=1S/C47H36N4O2S2/c1-28-26-52-46-32(28)20-30(22-34(46)44-24-40(36-11-7-9-17-48-36)50-38-13-3-5-15-42(38)54-44)19-31-21-33-29(2)27-53-47(33)35(23-31)45-25-41(37-12-8-10-18-49-37)51-39-14-4-6-16-43(39)55-45/h3-18,20-23,26-27,44-45H,19,24-25H2,1-2H3. The molecule has 0 spiro atoms. The van der Waals surface area contributed by atoms with Crippen LogP contribution in [-0.2, 0) is 6.42 Å². The van der Waals surface area contributed by atoms with Gasteiger partial charge in [-0.15, -0.1) is 23.5 Å². The zero-order chi connectivity index (χ0) is 36.9. The van der Waals surface area contributed by atoms with Gasteiger partial charge in [0.25, 0.3) is 0 Å². The van der Waals surface area contributed by atoms with E-state index in [9.17, 15) is 0 Å². The molecule has 8 heteroatoms. The summed E-state index contributed by atoms with van der Waals surface area (Å²) in [5.41, 5.74) is 14.7. The zero-order valence-electron chi connectivity index (χ0n) is 30.4. The number of benzene rings is 4. The van der Waals surface area contributed by atoms with Crippen molar-refractivity contribution >= 4 is 68.3 Å². The maximum Gasteiger partial charge on any atom is 0.138 e. The van der Waals surface area contributed by atoms with Gasteiger partial charge in [-0.3, -0.25) is 9.97 Å². The number of para-hydroxylation sites is 2. The number of hydrogen-bond donors (Lipinski definition) is 0. The van der Waals surface area contributed by atoms with Crippen molar-refractivity contribution in [2.75, 3.05) is 0 Å². The number of thioether (sulfide) groups is 2. The van der Waals surface area contributed by atoms with Crippen LogP contribution in [0.5, 0.6) is 0 Å². The normalized spacial score (nSPS) is 16.9. The maximum atomic E-state index is 6.36. The van der Waals surface area contributed by atoms with Crippen LogP contribution in [0.3, 0.4) is 0 Å². The van der Waals surface area contributed by atoms with Crippen LogP contribution in [0, 0.1) is 13.8 Å². The van der Waals surface area contributed by atoms with Gasteiger partial charge in [-0.1, -0.05) is 48.5 Å². The molecule has 55 heavy (non-hydrogen) atoms. The van der Waals surface area contributed by atoms with Crippen molar-refractivity contribution in [2.45, 2.75) is 53.4 Å². The van der Waals surface area contributed by atoms with Crippen LogP contribution in [0.15, 0.2) is 163 Å². The summed E-state index contributed by atoms with van der Waals surface area (Å²) in [5, 5.41) is 2.43. The number of hydrogen-bond acceptors (Lipinski definition) is 8. The number of nitrogens with zero attached hydrogens (tertiary/aromatic N) is 4. The van der Waals surface area contributed by atoms with Gasteiger partial charge in [0, 0.05) is 67.4 Å². The molecule has 6 heterocycles. The summed E-state index contributed by atoms with van der Waals surface area (Å²) < 4.78 is 12.7. The minimum absolute atomic E-state index is 0.0679. The van der Waals surface area contributed by atoms with Gasteiger partial charge >= 0.3 is 0 Å². The van der Waals surface area contributed by atoms with Gasteiger partial charge in [-0.25, -0.2) is 9.98 Å². The van der Waals surface area contributed by atoms with Crippen LogP contribution in [0.4, 0.5) is 11.4 Å². The molecule has 2 atom stereocenters. The minimum atomic E-state index is 0.0679. The van der Waals surface area contributed by atoms with E-state index in [4.69, 9.17) is 28.8 Å². The van der Waals surface area contributed by atoms with Gasteiger partial charge in [0.15, 0.2) is 0 Å². The average Bonchev–Trinajstić information content (AvgIpc) is 3.62. The van der Waals surface area contributed by atoms with Crippen LogP contribution >= 0.6 is 23.5 Å². The summed E-state index contributed by atoms with van der Waals surface area (Å²) in [6.45, 7) is 4.27. The molecule has 268 valence electrons. The number of fused-ring (bicyclic) bond motifs is 4. The van der Waals surface area contributed by atoms with Gasteiger partial charge in [0.1, 0.15) is 11.2 Å². The molecular weight excluding hydrogens is 717 g/mol. The van der Waals surface area contributed by atoms with E-state index in [0.29, 0.717) is 0 Å². The Morgan fingerprint density at radius 2 is 1.02 bits per heavy atom. The summed E-state index contributed by atoms with van der Waals surface area (Å²) in [4.78, 5) is 22.1. The van der Waals surface area contributed by atoms with Gasteiger partial charge < -0.3 is 8.83 Å². The van der Waals surface area contributed by atoms with E-state index in [-0.39, 0.29) is 10.5 Å². The Balaban J connectivity index is 1.07. The first-order chi connectivity index (χ1) is 27.0. The van der Waals surface area contributed by atoms with E-state index in [0.717, 1.165) is 96.3 Å². The van der Waals surface area contributed by atoms with Crippen molar-refractivity contribution in [3.05, 3.63) is 179 Å². The monoisotopic (exact) mass is 752 g/mol. The summed E-state index contributed by atoms with van der Waals surface area (Å²) in [7, 11) is 0. The number of aliphatic imine (C=N–C) groups is 2. The number of aromatic nitrogens is 2. The molecule has 0 saturated heterocycles. The third kappa shape index (κ3) is 6.49. The molecule has 0 aliphatic carbocycles. The van der Waals surface area contributed by atoms with Gasteiger partial charge in [-0.05, 0) is 103 Å². The molecule has 6 nitrogen and oxygen atoms in total. The number of pyridine rings is 2. The number of rotatable bonds is 6. The maximum absolute atomic E-state index is 6.36. The highest BCUT2D eigenvalue weighted by atomic mass is 32.2. The van der Waals surface area contributed by atoms with Gasteiger partial charge in [0.05, 0.1) is 46.7 Å². The third-order valence-corrected chi connectivity index (χ3v) is 13.1. The summed E-state index contributed by atoms with van der Waals surface area (Å²) >= 11 is 3.71. The van der Waals surface area contributed by atoms with Crippen molar-refractivity contribution in [3.8, 4) is 0 Å². The first kappa shape index (κ1) is 33.8. The Labute approximate surface area is 327 Å². The Morgan fingerprint density at radius 1 is 0.564 bits per heavy atom. The highest BCUT2D eigenvalue weighted by Crippen LogP contribution is 2.50. The van der Waals surface area contributed by atoms with Crippen molar-refractivity contribution in [1.82, 2.24) is 9.97 Å². The molecule has 2 aliphatic rings. The van der Waals surface area contributed by atoms with Crippen molar-refractivity contribution in [3.63, 3.8) is 0 Å². The van der Waals surface area contributed by atoms with E-state index in [1.807, 2.05) is 72.7 Å². The highest BCUT2D eigenvalue weighted by Gasteiger charge is 2.29. The van der Waals surface area contributed by atoms with Crippen LogP contribution in [0.1, 0.15) is 68.1 Å². The average molecular weight is 753 g/mol. The van der Waals surface area contributed by atoms with Crippen LogP contribution in [-0.4, -0.2) is 21.4 Å². The minimum Gasteiger partial charge on any atom is -0.464 e. The second kappa shape index (κ2) is 14.2. The molecule has 0 bridgehead atoms. The highest BCUT2D eigenvalue weighted by molar-refractivity contribution is 8.00. The molecule has 0 saturated carbocycles. The Kier molecular flexibility index (Phi) is 8.72. The molecule has 0 N–H and O–H groups in total. The molecule has 2 aliphatic heterocycles. The molecule has 10 rings (SSSR count). The van der Waals surface area contributed by atoms with E-state index >= 15 is 0 Å². The fourth-order valence-corrected chi connectivity index (χ4v) is 10.3. The lowest BCUT2D eigenvalue weighted by molar-refractivity contribution is 0.607. The summed E-state index contributed by atoms with van der Waals surface area (Å²) in [5.74, 6) is 0. The van der Waals surface area contributed by atoms with E-state index in [2.05, 4.69) is 98.8 Å². The largest absolute Gasteiger partial charge is 0.464 e. The molecule has 0 radical (unpaired) electrons. The Bertz CT molecular complexity index is 2600. The third-order valence-electron chi connectivity index (χ3n) is 10.5. The molecular formula is C47H36N4O2S2. The fourth-order valence-electron chi connectivity index (χ4n) is 7.77. The Morgan fingerprint density at radius 3 is 1.47 bits per heavy atom. The lowest BCUT2D eigenvalue weighted by atomic mass is 9.93. The molecule has 2 unspecified atom stereocenters. The lowest BCUT2D eigenvalue weighted by Crippen LogP contribution is -2.08. The molecule has 4 aromatic heterocycles. The van der Waals surface area contributed by atoms with Gasteiger partial charge in [0.2, 0.25) is 0 Å². The lowest BCUT2D eigenvalue weighted by Gasteiger charge is -2.19. The second-order valence-electron chi connectivity index (χ2n) is 14.2. The number of furan rings is 2. The topological polar surface area (TPSA) is 76.8 Å². The second-order valence-corrected chi connectivity index (χ2v) is 16.7. The first-order valence-electron chi connectivity index (χ1n) is 18.5. The quantitative estimate of drug-likeness (QED) is 0.168. The summed E-state index contributed by atoms with van der Waals surface area (Å²) in [6, 6.07) is 38.3. The van der Waals surface area contributed by atoms with Crippen molar-refractivity contribution < 1.29 is 8.83 Å². The van der Waals surface area contributed by atoms with Crippen molar-refractivity contribution in [1.29, 1.82) is 0 Å². The van der Waals surface area contributed by atoms with E-state index < -0.39 is 0 Å². The predicted molar refractivity (Wildman–Crippen MR) is 225 cm³/mol. The number of aryl methyl sites for hydroxylation is 2. The van der Waals surface area contributed by atoms with Gasteiger partial charge in [-0.2, -0.15) is 0 Å².